The van der Waals surface area contributed by atoms with Crippen molar-refractivity contribution in [3.63, 3.8) is 0 Å². The van der Waals surface area contributed by atoms with E-state index in [-0.39, 0.29) is 40.2 Å². The van der Waals surface area contributed by atoms with E-state index in [1.165, 1.54) is 6.47 Å². The van der Waals surface area contributed by atoms with Gasteiger partial charge >= 0.3 is 33.9 Å². The van der Waals surface area contributed by atoms with E-state index >= 15 is 0 Å². The van der Waals surface area contributed by atoms with Gasteiger partial charge in [0.05, 0.1) is 18.5 Å². The molecule has 3 atom stereocenters. The summed E-state index contributed by atoms with van der Waals surface area (Å²) in [6.45, 7) is 32.2. The molecule has 0 rings (SSSR count). The van der Waals surface area contributed by atoms with Crippen LogP contribution in [-0.4, -0.2) is 47.8 Å². The van der Waals surface area contributed by atoms with Crippen molar-refractivity contribution >= 4 is 24.9 Å². The third kappa shape index (κ3) is 25.6. The first kappa shape index (κ1) is 47.1. The molecule has 3 radical (unpaired) electrons. The predicted molar refractivity (Wildman–Crippen MR) is 141 cm³/mol. The average Bonchev–Trinajstić information content (AvgIpc) is 2.80. The van der Waals surface area contributed by atoms with Crippen LogP contribution in [0.1, 0.15) is 73.6 Å². The first-order chi connectivity index (χ1) is 17.1. The quantitative estimate of drug-likeness (QED) is 0.0715. The minimum Gasteiger partial charge on any atom is 0 e. The molecule has 12 heteroatoms. The van der Waals surface area contributed by atoms with Crippen LogP contribution in [0.3, 0.4) is 0 Å². The van der Waals surface area contributed by atoms with Crippen molar-refractivity contribution in [2.24, 2.45) is 5.92 Å². The summed E-state index contributed by atoms with van der Waals surface area (Å²) in [5, 5.41) is 0.0469. The Kier molecular flexibility index (Phi) is 32.9. The number of carbonyl (C=O) groups excluding carboxylic acids is 1. The summed E-state index contributed by atoms with van der Waals surface area (Å²) < 4.78 is 63.1. The fourth-order valence-corrected chi connectivity index (χ4v) is 4.85. The Morgan fingerprint density at radius 2 is 1.45 bits per heavy atom. The summed E-state index contributed by atoms with van der Waals surface area (Å²) in [5.41, 5.74) is 0. The normalized spacial score (nSPS) is 13.4. The molecule has 0 aliphatic rings. The zero-order valence-corrected chi connectivity index (χ0v) is 26.9. The maximum atomic E-state index is 11.8. The van der Waals surface area contributed by atoms with Gasteiger partial charge in [0.2, 0.25) is 0 Å². The van der Waals surface area contributed by atoms with Crippen molar-refractivity contribution in [2.45, 2.75) is 110 Å². The molecule has 38 heavy (non-hydrogen) atoms. The summed E-state index contributed by atoms with van der Waals surface area (Å²) >= 11 is 0. The molecule has 9 nitrogen and oxygen atoms in total. The van der Waals surface area contributed by atoms with E-state index in [4.69, 9.17) is 27.3 Å². The van der Waals surface area contributed by atoms with Gasteiger partial charge in [0.1, 0.15) is 0 Å². The zero-order valence-electron chi connectivity index (χ0n) is 24.0. The number of ether oxygens (including phenoxy) is 1. The van der Waals surface area contributed by atoms with Crippen LogP contribution in [0.2, 0.25) is 18.1 Å². The second kappa shape index (κ2) is 26.5. The molecule has 0 aromatic carbocycles. The van der Waals surface area contributed by atoms with Crippen LogP contribution in [-0.2, 0) is 59.3 Å². The van der Waals surface area contributed by atoms with E-state index in [1.54, 1.807) is 19.3 Å². The fraction of sp³-hybridized carbons (Fsp3) is 0.731. The molecule has 0 aliphatic heterocycles. The van der Waals surface area contributed by atoms with Crippen LogP contribution in [0.4, 0.5) is 0 Å². The molecule has 0 saturated heterocycles. The Balaban J connectivity index is -0.000000481. The van der Waals surface area contributed by atoms with Crippen LogP contribution in [0.5, 0.6) is 0 Å². The number of unbranched alkanes of at least 4 members (excludes halogenated alkanes) is 2. The largest absolute Gasteiger partial charge is 0 e. The van der Waals surface area contributed by atoms with E-state index in [1.807, 2.05) is 0 Å². The maximum Gasteiger partial charge on any atom is 0 e. The third-order valence-corrected chi connectivity index (χ3v) is 10.8. The Morgan fingerprint density at radius 3 is 1.82 bits per heavy atom. The molecule has 0 amide bonds. The summed E-state index contributed by atoms with van der Waals surface area (Å²) in [4.78, 5) is 10.7. The summed E-state index contributed by atoms with van der Waals surface area (Å²) in [6, 6.07) is 0. The molecular weight excluding hydrogens is 572 g/mol. The Bertz CT molecular complexity index is 715. The van der Waals surface area contributed by atoms with Crippen molar-refractivity contribution < 1.29 is 57.6 Å². The van der Waals surface area contributed by atoms with Gasteiger partial charge in [-0.3, -0.25) is 4.18 Å². The predicted octanol–water partition coefficient (Wildman–Crippen LogP) is 5.30. The number of hydrogen-bond acceptors (Lipinski definition) is 6. The zero-order chi connectivity index (χ0) is 30.3. The maximum absolute atomic E-state index is 11.8. The summed E-state index contributed by atoms with van der Waals surface area (Å²) in [5.74, 6) is 0.201. The van der Waals surface area contributed by atoms with Crippen molar-refractivity contribution in [3.05, 3.63) is 39.2 Å². The second-order valence-electron chi connectivity index (χ2n) is 10.0. The first-order valence-corrected chi connectivity index (χ1v) is 16.6. The third-order valence-electron chi connectivity index (χ3n) is 5.70. The van der Waals surface area contributed by atoms with Gasteiger partial charge in [0.15, 0.2) is 8.32 Å². The molecule has 221 valence electrons. The van der Waals surface area contributed by atoms with E-state index in [2.05, 4.69) is 74.6 Å². The van der Waals surface area contributed by atoms with Gasteiger partial charge in [0, 0.05) is 36.0 Å². The van der Waals surface area contributed by atoms with Gasteiger partial charge in [0.25, 0.3) is 10.1 Å². The molecule has 0 bridgehead atoms. The van der Waals surface area contributed by atoms with Gasteiger partial charge in [-0.2, -0.15) is 8.42 Å². The smallest absolute Gasteiger partial charge is 0 e. The van der Waals surface area contributed by atoms with Crippen LogP contribution < -0.4 is 0 Å². The second-order valence-corrected chi connectivity index (χ2v) is 16.4. The van der Waals surface area contributed by atoms with Crippen LogP contribution in [0.15, 0.2) is 0 Å². The average molecular weight is 617 g/mol. The van der Waals surface area contributed by atoms with Crippen LogP contribution >= 0.6 is 0 Å². The standard InChI is InChI=1S/C23H44O6SSi.3CO.Fe/c1-10-11-12-14-20(27-18-24)15-13-16-21(28-30(7,25)26)17-22(19(2)3)29-31(8,9)23(4,5)6;3*1-2;/h13,15-16,19-22H,10-12,14,17H2,1-9H3;;;;/q-1;;;;/t20-,21-,22-;;;;/m1..../s1. The SMILES string of the molecule is CCCCC[C@H]([CH][CH][CH][C@H](C[C@@H](O[Si](C)(C)C(C)(C)C)C(C)C)OS(C)(=O)=O)O[C-]=O.[C-]#[O+].[C-]#[O+].[C-]#[O+].[Fe]. The molecule has 0 spiro atoms. The van der Waals surface area contributed by atoms with Crippen molar-refractivity contribution in [3.8, 4) is 0 Å². The van der Waals surface area contributed by atoms with Crippen LogP contribution in [0.25, 0.3) is 0 Å². The molecule has 0 aromatic heterocycles. The number of rotatable bonds is 17. The van der Waals surface area contributed by atoms with Crippen molar-refractivity contribution in [1.29, 1.82) is 0 Å². The Labute approximate surface area is 243 Å². The van der Waals surface area contributed by atoms with Crippen LogP contribution in [0, 0.1) is 45.1 Å². The molecule has 0 unspecified atom stereocenters. The molecule has 0 heterocycles. The molecule has 0 aromatic rings. The minimum atomic E-state index is -3.65. The van der Waals surface area contributed by atoms with Crippen molar-refractivity contribution in [1.82, 2.24) is 0 Å². The van der Waals surface area contributed by atoms with Gasteiger partial charge in [-0.15, -0.1) is 0 Å². The van der Waals surface area contributed by atoms with Gasteiger partial charge in [-0.1, -0.05) is 60.9 Å². The van der Waals surface area contributed by atoms with Gasteiger partial charge in [-0.05, 0) is 49.7 Å². The van der Waals surface area contributed by atoms with E-state index in [0.717, 1.165) is 25.5 Å². The first-order valence-electron chi connectivity index (χ1n) is 11.8. The molecule has 0 N–H and O–H groups in total. The minimum absolute atomic E-state index is 0. The summed E-state index contributed by atoms with van der Waals surface area (Å²) in [7, 11) is -5.68. The topological polar surface area (TPSA) is 139 Å². The number of hydrogen-bond donors (Lipinski definition) is 0. The van der Waals surface area contributed by atoms with Gasteiger partial charge in [-0.25, -0.2) is 0 Å². The molecular formula is C26H44FeO9SSi-. The van der Waals surface area contributed by atoms with Gasteiger partial charge < -0.3 is 14.0 Å². The van der Waals surface area contributed by atoms with E-state index in [0.29, 0.717) is 12.8 Å². The van der Waals surface area contributed by atoms with Crippen molar-refractivity contribution in [2.75, 3.05) is 6.26 Å². The Morgan fingerprint density at radius 1 is 0.974 bits per heavy atom. The monoisotopic (exact) mass is 616 g/mol. The molecule has 0 aliphatic carbocycles. The summed E-state index contributed by atoms with van der Waals surface area (Å²) in [6.07, 6.45) is 9.20. The fourth-order valence-electron chi connectivity index (χ4n) is 2.78. The van der Waals surface area contributed by atoms with E-state index in [9.17, 15) is 13.2 Å². The molecule has 0 fully saturated rings. The Hall–Kier alpha value is -0.704. The van der Waals surface area contributed by atoms with E-state index < -0.39 is 24.5 Å². The molecule has 0 saturated carbocycles.